The first-order valence-corrected chi connectivity index (χ1v) is 11.2. The van der Waals surface area contributed by atoms with Crippen molar-refractivity contribution in [2.24, 2.45) is 5.92 Å². The molecule has 0 unspecified atom stereocenters. The monoisotopic (exact) mass is 413 g/mol. The highest BCUT2D eigenvalue weighted by molar-refractivity contribution is 7.12. The maximum atomic E-state index is 12.7. The lowest BCUT2D eigenvalue weighted by Gasteiger charge is -2.32. The molecule has 1 aliphatic rings. The molecule has 2 aromatic rings. The molecule has 0 radical (unpaired) electrons. The second-order valence-corrected chi connectivity index (χ2v) is 8.81. The third-order valence-corrected chi connectivity index (χ3v) is 6.61. The summed E-state index contributed by atoms with van der Waals surface area (Å²) in [7, 11) is 4.08. The van der Waals surface area contributed by atoms with Crippen LogP contribution in [0.5, 0.6) is 0 Å². The van der Waals surface area contributed by atoms with Crippen LogP contribution in [-0.4, -0.2) is 55.3 Å². The number of thiophene rings is 1. The van der Waals surface area contributed by atoms with Crippen molar-refractivity contribution in [1.82, 2.24) is 15.1 Å². The normalized spacial score (nSPS) is 16.1. The minimum Gasteiger partial charge on any atom is -0.354 e. The Hall–Kier alpha value is -2.18. The molecule has 156 valence electrons. The summed E-state index contributed by atoms with van der Waals surface area (Å²) >= 11 is 1.47. The summed E-state index contributed by atoms with van der Waals surface area (Å²) < 4.78 is 0. The van der Waals surface area contributed by atoms with E-state index in [2.05, 4.69) is 41.4 Å². The summed E-state index contributed by atoms with van der Waals surface area (Å²) in [6, 6.07) is 12.5. The van der Waals surface area contributed by atoms with Gasteiger partial charge in [0.25, 0.3) is 5.91 Å². The van der Waals surface area contributed by atoms with Crippen LogP contribution < -0.4 is 5.32 Å². The van der Waals surface area contributed by atoms with E-state index in [1.807, 2.05) is 36.5 Å². The van der Waals surface area contributed by atoms with E-state index in [4.69, 9.17) is 0 Å². The highest BCUT2D eigenvalue weighted by Crippen LogP contribution is 2.22. The minimum atomic E-state index is -0.0207. The number of carbonyl (C=O) groups is 2. The lowest BCUT2D eigenvalue weighted by Crippen LogP contribution is -2.44. The smallest absolute Gasteiger partial charge is 0.263 e. The molecule has 0 bridgehead atoms. The number of hydrogen-bond acceptors (Lipinski definition) is 4. The van der Waals surface area contributed by atoms with Gasteiger partial charge < -0.3 is 15.1 Å². The van der Waals surface area contributed by atoms with E-state index in [1.165, 1.54) is 22.5 Å². The van der Waals surface area contributed by atoms with E-state index in [0.717, 1.165) is 24.1 Å². The maximum absolute atomic E-state index is 12.7. The molecule has 0 aliphatic carbocycles. The Bertz CT molecular complexity index is 794. The minimum absolute atomic E-state index is 0.0207. The lowest BCUT2D eigenvalue weighted by atomic mass is 9.95. The topological polar surface area (TPSA) is 52.7 Å². The Kier molecular flexibility index (Phi) is 7.45. The zero-order chi connectivity index (χ0) is 20.8. The van der Waals surface area contributed by atoms with Crippen LogP contribution in [0.3, 0.4) is 0 Å². The number of carbonyl (C=O) groups excluding carboxylic acids is 2. The highest BCUT2D eigenvalue weighted by Gasteiger charge is 2.28. The van der Waals surface area contributed by atoms with Gasteiger partial charge in [-0.25, -0.2) is 0 Å². The summed E-state index contributed by atoms with van der Waals surface area (Å²) in [6.07, 6.45) is 2.47. The van der Waals surface area contributed by atoms with Crippen LogP contribution in [0.1, 0.15) is 46.6 Å². The third kappa shape index (κ3) is 5.46. The average Bonchev–Trinajstić information content (AvgIpc) is 3.28. The number of rotatable bonds is 7. The Morgan fingerprint density at radius 3 is 2.41 bits per heavy atom. The molecule has 29 heavy (non-hydrogen) atoms. The predicted octanol–water partition coefficient (Wildman–Crippen LogP) is 3.58. The highest BCUT2D eigenvalue weighted by atomic mass is 32.1. The summed E-state index contributed by atoms with van der Waals surface area (Å²) in [5.74, 6) is 0.167. The molecule has 0 saturated carbocycles. The summed E-state index contributed by atoms with van der Waals surface area (Å²) in [5.41, 5.74) is 2.53. The van der Waals surface area contributed by atoms with Crippen LogP contribution >= 0.6 is 11.3 Å². The molecule has 3 rings (SSSR count). The largest absolute Gasteiger partial charge is 0.354 e. The van der Waals surface area contributed by atoms with E-state index < -0.39 is 0 Å². The fourth-order valence-electron chi connectivity index (χ4n) is 3.82. The van der Waals surface area contributed by atoms with Crippen molar-refractivity contribution in [3.63, 3.8) is 0 Å². The molecule has 6 heteroatoms. The summed E-state index contributed by atoms with van der Waals surface area (Å²) in [5, 5.41) is 5.07. The molecule has 1 aliphatic heterocycles. The van der Waals surface area contributed by atoms with Crippen molar-refractivity contribution >= 4 is 23.2 Å². The first-order chi connectivity index (χ1) is 14.0. The van der Waals surface area contributed by atoms with Gasteiger partial charge in [-0.3, -0.25) is 9.59 Å². The molecule has 1 fully saturated rings. The van der Waals surface area contributed by atoms with Gasteiger partial charge in [-0.2, -0.15) is 0 Å². The molecule has 1 N–H and O–H groups in total. The number of piperidine rings is 1. The maximum Gasteiger partial charge on any atom is 0.263 e. The Morgan fingerprint density at radius 1 is 1.17 bits per heavy atom. The zero-order valence-electron chi connectivity index (χ0n) is 17.6. The van der Waals surface area contributed by atoms with Gasteiger partial charge in [0.1, 0.15) is 0 Å². The summed E-state index contributed by atoms with van der Waals surface area (Å²) in [4.78, 5) is 30.0. The number of aryl methyl sites for hydroxylation is 1. The zero-order valence-corrected chi connectivity index (χ0v) is 18.4. The molecule has 1 aromatic carbocycles. The van der Waals surface area contributed by atoms with E-state index in [0.29, 0.717) is 19.6 Å². The number of likely N-dealkylation sites (tertiary alicyclic amines) is 1. The number of amides is 2. The molecular formula is C23H31N3O2S. The quantitative estimate of drug-likeness (QED) is 0.755. The molecule has 2 amide bonds. The molecule has 1 atom stereocenters. The van der Waals surface area contributed by atoms with Gasteiger partial charge >= 0.3 is 0 Å². The molecule has 1 saturated heterocycles. The second kappa shape index (κ2) is 10.0. The average molecular weight is 414 g/mol. The van der Waals surface area contributed by atoms with E-state index in [-0.39, 0.29) is 23.8 Å². The Balaban J connectivity index is 1.51. The fraction of sp³-hybridized carbons (Fsp3) is 0.478. The third-order valence-electron chi connectivity index (χ3n) is 5.75. The first kappa shape index (κ1) is 21.5. The van der Waals surface area contributed by atoms with Crippen molar-refractivity contribution in [3.8, 4) is 0 Å². The molecule has 2 heterocycles. The number of hydrogen-bond donors (Lipinski definition) is 1. The van der Waals surface area contributed by atoms with Gasteiger partial charge in [0.05, 0.1) is 10.9 Å². The Labute approximate surface area is 177 Å². The summed E-state index contributed by atoms with van der Waals surface area (Å²) in [6.45, 7) is 4.03. The first-order valence-electron chi connectivity index (χ1n) is 10.3. The van der Waals surface area contributed by atoms with Gasteiger partial charge in [-0.05, 0) is 55.9 Å². The Morgan fingerprint density at radius 2 is 1.86 bits per heavy atom. The van der Waals surface area contributed by atoms with Crippen LogP contribution in [0.4, 0.5) is 0 Å². The van der Waals surface area contributed by atoms with Crippen molar-refractivity contribution in [2.75, 3.05) is 33.7 Å². The van der Waals surface area contributed by atoms with Crippen LogP contribution in [0.2, 0.25) is 0 Å². The van der Waals surface area contributed by atoms with Gasteiger partial charge in [0.2, 0.25) is 5.91 Å². The molecule has 1 aromatic heterocycles. The fourth-order valence-corrected chi connectivity index (χ4v) is 4.51. The van der Waals surface area contributed by atoms with Crippen molar-refractivity contribution in [1.29, 1.82) is 0 Å². The van der Waals surface area contributed by atoms with E-state index in [9.17, 15) is 9.59 Å². The van der Waals surface area contributed by atoms with Crippen LogP contribution in [0, 0.1) is 5.92 Å². The second-order valence-electron chi connectivity index (χ2n) is 7.86. The van der Waals surface area contributed by atoms with Crippen LogP contribution in [0.25, 0.3) is 0 Å². The van der Waals surface area contributed by atoms with Gasteiger partial charge in [0.15, 0.2) is 0 Å². The SMILES string of the molecule is CCc1ccc([C@H](CNC(=O)C2CCN(C(=O)c3cccs3)CC2)N(C)C)cc1. The molecule has 0 spiro atoms. The molecular weight excluding hydrogens is 382 g/mol. The van der Waals surface area contributed by atoms with Crippen molar-refractivity contribution in [2.45, 2.75) is 32.2 Å². The van der Waals surface area contributed by atoms with E-state index >= 15 is 0 Å². The van der Waals surface area contributed by atoms with E-state index in [1.54, 1.807) is 0 Å². The van der Waals surface area contributed by atoms with Gasteiger partial charge in [-0.15, -0.1) is 11.3 Å². The molecule has 5 nitrogen and oxygen atoms in total. The van der Waals surface area contributed by atoms with Crippen LogP contribution in [-0.2, 0) is 11.2 Å². The van der Waals surface area contributed by atoms with Crippen molar-refractivity contribution < 1.29 is 9.59 Å². The number of nitrogens with zero attached hydrogens (tertiary/aromatic N) is 2. The van der Waals surface area contributed by atoms with Gasteiger partial charge in [-0.1, -0.05) is 37.3 Å². The number of benzene rings is 1. The predicted molar refractivity (Wildman–Crippen MR) is 118 cm³/mol. The number of nitrogens with one attached hydrogen (secondary N) is 1. The van der Waals surface area contributed by atoms with Crippen molar-refractivity contribution in [3.05, 3.63) is 57.8 Å². The van der Waals surface area contributed by atoms with Gasteiger partial charge in [0, 0.05) is 25.6 Å². The lowest BCUT2D eigenvalue weighted by molar-refractivity contribution is -0.126. The number of likely N-dealkylation sites (N-methyl/N-ethyl adjacent to an activating group) is 1. The standard InChI is InChI=1S/C23H31N3O2S/c1-4-17-7-9-18(10-8-17)20(25(2)3)16-24-22(27)19-11-13-26(14-12-19)23(28)21-6-5-15-29-21/h5-10,15,19-20H,4,11-14,16H2,1-3H3,(H,24,27)/t20-/m0/s1. The van der Waals surface area contributed by atoms with Crippen LogP contribution in [0.15, 0.2) is 41.8 Å².